The van der Waals surface area contributed by atoms with Gasteiger partial charge in [-0.1, -0.05) is 53.2 Å². The lowest BCUT2D eigenvalue weighted by atomic mass is 9.33. The van der Waals surface area contributed by atoms with E-state index >= 15 is 0 Å². The lowest BCUT2D eigenvalue weighted by molar-refractivity contribution is -0.177. The lowest BCUT2D eigenvalue weighted by Gasteiger charge is -2.70. The van der Waals surface area contributed by atoms with Crippen LogP contribution in [-0.4, -0.2) is 56.2 Å². The number of amides is 1. The zero-order chi connectivity index (χ0) is 31.5. The van der Waals surface area contributed by atoms with Crippen LogP contribution in [0.2, 0.25) is 0 Å². The van der Waals surface area contributed by atoms with Gasteiger partial charge in [0.2, 0.25) is 5.91 Å². The largest absolute Gasteiger partial charge is 0.480 e. The van der Waals surface area contributed by atoms with Crippen LogP contribution in [0.3, 0.4) is 0 Å². The molecule has 6 aliphatic rings. The number of rotatable bonds is 3. The van der Waals surface area contributed by atoms with Crippen LogP contribution in [0.15, 0.2) is 24.0 Å². The van der Waals surface area contributed by atoms with Crippen molar-refractivity contribution >= 4 is 11.9 Å². The van der Waals surface area contributed by atoms with E-state index in [1.165, 1.54) is 5.57 Å². The lowest BCUT2D eigenvalue weighted by Crippen LogP contribution is -2.66. The maximum absolute atomic E-state index is 14.7. The fourth-order valence-corrected chi connectivity index (χ4v) is 12.5. The number of nitrogens with zero attached hydrogens (tertiary/aromatic N) is 3. The molecule has 0 aromatic carbocycles. The predicted molar refractivity (Wildman–Crippen MR) is 169 cm³/mol. The highest BCUT2D eigenvalue weighted by Crippen LogP contribution is 2.75. The molecule has 7 nitrogen and oxygen atoms in total. The third-order valence-electron chi connectivity index (χ3n) is 15.1. The Balaban J connectivity index is 1.31. The van der Waals surface area contributed by atoms with Gasteiger partial charge in [-0.3, -0.25) is 14.8 Å². The van der Waals surface area contributed by atoms with Crippen molar-refractivity contribution in [2.75, 3.05) is 13.2 Å². The monoisotopic (exact) mass is 603 g/mol. The minimum atomic E-state index is -0.855. The molecule has 2 heterocycles. The van der Waals surface area contributed by atoms with E-state index in [9.17, 15) is 19.8 Å². The summed E-state index contributed by atoms with van der Waals surface area (Å²) in [6, 6.07) is -0.684. The number of fused-ring (bicyclic) bond motifs is 8. The van der Waals surface area contributed by atoms with E-state index in [0.717, 1.165) is 75.6 Å². The molecule has 0 bridgehead atoms. The molecule has 2 N–H and O–H groups in total. The van der Waals surface area contributed by atoms with Crippen molar-refractivity contribution < 1.29 is 19.8 Å². The van der Waals surface area contributed by atoms with E-state index in [4.69, 9.17) is 9.97 Å². The molecule has 44 heavy (non-hydrogen) atoms. The van der Waals surface area contributed by atoms with Crippen molar-refractivity contribution in [3.05, 3.63) is 35.4 Å². The second-order valence-corrected chi connectivity index (χ2v) is 17.5. The van der Waals surface area contributed by atoms with E-state index in [-0.39, 0.29) is 40.1 Å². The summed E-state index contributed by atoms with van der Waals surface area (Å²) in [6.45, 7) is 15.1. The number of hydrogen-bond donors (Lipinski definition) is 2. The summed E-state index contributed by atoms with van der Waals surface area (Å²) in [7, 11) is 0. The molecule has 4 fully saturated rings. The third kappa shape index (κ3) is 3.77. The van der Waals surface area contributed by atoms with E-state index in [1.807, 2.05) is 0 Å². The van der Waals surface area contributed by atoms with Crippen molar-refractivity contribution in [3.8, 4) is 0 Å². The number of hydrogen-bond acceptors (Lipinski definition) is 5. The molecule has 5 aliphatic carbocycles. The number of carboxylic acid groups (broad SMARTS) is 1. The summed E-state index contributed by atoms with van der Waals surface area (Å²) >= 11 is 0. The molecule has 0 spiro atoms. The number of aromatic nitrogens is 2. The maximum atomic E-state index is 14.7. The summed E-state index contributed by atoms with van der Waals surface area (Å²) in [4.78, 5) is 38.3. The van der Waals surface area contributed by atoms with Gasteiger partial charge in [0.25, 0.3) is 0 Å². The molecule has 9 atom stereocenters. The number of aliphatic hydroxyl groups is 1. The smallest absolute Gasteiger partial charge is 0.326 e. The van der Waals surface area contributed by atoms with Gasteiger partial charge >= 0.3 is 5.97 Å². The number of carbonyl (C=O) groups excluding carboxylic acids is 1. The van der Waals surface area contributed by atoms with Gasteiger partial charge < -0.3 is 15.1 Å². The average molecular weight is 604 g/mol. The van der Waals surface area contributed by atoms with Crippen LogP contribution < -0.4 is 0 Å². The number of aliphatic hydroxyl groups excluding tert-OH is 1. The number of carboxylic acids is 1. The van der Waals surface area contributed by atoms with E-state index < -0.39 is 22.8 Å². The van der Waals surface area contributed by atoms with Crippen LogP contribution in [0.4, 0.5) is 0 Å². The van der Waals surface area contributed by atoms with Gasteiger partial charge in [0, 0.05) is 24.4 Å². The number of allylic oxidation sites excluding steroid dienone is 2. The van der Waals surface area contributed by atoms with Crippen LogP contribution in [0, 0.1) is 44.8 Å². The highest BCUT2D eigenvalue weighted by atomic mass is 16.4. The highest BCUT2D eigenvalue weighted by Gasteiger charge is 2.70. The van der Waals surface area contributed by atoms with Gasteiger partial charge in [-0.05, 0) is 110 Å². The van der Waals surface area contributed by atoms with Crippen molar-refractivity contribution in [1.29, 1.82) is 0 Å². The molecule has 7 heteroatoms. The van der Waals surface area contributed by atoms with Gasteiger partial charge in [-0.2, -0.15) is 0 Å². The molecule has 0 radical (unpaired) electrons. The van der Waals surface area contributed by atoms with Gasteiger partial charge in [-0.15, -0.1) is 0 Å². The van der Waals surface area contributed by atoms with E-state index in [0.29, 0.717) is 24.8 Å². The molecule has 0 unspecified atom stereocenters. The van der Waals surface area contributed by atoms with Crippen molar-refractivity contribution in [3.63, 3.8) is 0 Å². The topological polar surface area (TPSA) is 104 Å². The Labute approximate surface area is 263 Å². The standard InChI is InChI=1S/C37H53N3O4/c1-32(2)13-15-37(31(44)40-19-7-8-26(40)30(42)43)16-14-35(5)23(24(37)20-32)9-10-28-33(3)21-25-29(39-18-17-38-25)34(4,22-41)27(33)11-12-36(28,35)6/h9,17-18,24,26-28,41H,7-8,10-16,19-22H2,1-6H3,(H,42,43)/t24-,26-,27+,28+,33-,34-,35+,36+,37-/m0/s1. The second kappa shape index (κ2) is 9.62. The van der Waals surface area contributed by atoms with Crippen molar-refractivity contribution in [1.82, 2.24) is 14.9 Å². The van der Waals surface area contributed by atoms with Crippen LogP contribution >= 0.6 is 0 Å². The molecule has 240 valence electrons. The minimum Gasteiger partial charge on any atom is -0.480 e. The predicted octanol–water partition coefficient (Wildman–Crippen LogP) is 6.34. The average Bonchev–Trinajstić information content (AvgIpc) is 3.47. The zero-order valence-corrected chi connectivity index (χ0v) is 27.8. The molecule has 3 saturated carbocycles. The second-order valence-electron chi connectivity index (χ2n) is 17.5. The Morgan fingerprint density at radius 1 is 0.955 bits per heavy atom. The Hall–Kier alpha value is -2.28. The normalized spacial score (nSPS) is 45.6. The molecular formula is C37H53N3O4. The fourth-order valence-electron chi connectivity index (χ4n) is 12.5. The van der Waals surface area contributed by atoms with E-state index in [2.05, 4.69) is 47.6 Å². The first-order chi connectivity index (χ1) is 20.7. The Morgan fingerprint density at radius 3 is 2.41 bits per heavy atom. The zero-order valence-electron chi connectivity index (χ0n) is 27.8. The first-order valence-corrected chi connectivity index (χ1v) is 17.3. The molecule has 1 aromatic rings. The number of likely N-dealkylation sites (tertiary alicyclic amines) is 1. The highest BCUT2D eigenvalue weighted by molar-refractivity contribution is 5.89. The quantitative estimate of drug-likeness (QED) is 0.391. The summed E-state index contributed by atoms with van der Waals surface area (Å²) in [5.41, 5.74) is 2.73. The van der Waals surface area contributed by atoms with Gasteiger partial charge in [0.15, 0.2) is 0 Å². The van der Waals surface area contributed by atoms with Gasteiger partial charge in [0.1, 0.15) is 6.04 Å². The summed E-state index contributed by atoms with van der Waals surface area (Å²) in [6.07, 6.45) is 16.2. The maximum Gasteiger partial charge on any atom is 0.326 e. The van der Waals surface area contributed by atoms with Crippen LogP contribution in [0.5, 0.6) is 0 Å². The number of carbonyl (C=O) groups is 2. The first-order valence-electron chi connectivity index (χ1n) is 17.3. The SMILES string of the molecule is CC1(C)CC[C@]2(C(=O)N3CCC[C@H]3C(=O)O)CC[C@]3(C)C(=CC[C@@H]4[C@@]5(C)Cc6nccnc6[C@@](C)(CO)[C@@H]5CC[C@]43C)[C@@H]2C1. The molecule has 1 aliphatic heterocycles. The van der Waals surface area contributed by atoms with Crippen LogP contribution in [-0.2, 0) is 21.4 Å². The molecule has 1 saturated heterocycles. The van der Waals surface area contributed by atoms with Crippen molar-refractivity contribution in [2.24, 2.45) is 44.8 Å². The molecule has 1 aromatic heterocycles. The molecule has 1 amide bonds. The van der Waals surface area contributed by atoms with Gasteiger partial charge in [0.05, 0.1) is 23.4 Å². The molecule has 7 rings (SSSR count). The Bertz CT molecular complexity index is 1420. The van der Waals surface area contributed by atoms with Crippen molar-refractivity contribution in [2.45, 2.75) is 124 Å². The summed E-state index contributed by atoms with van der Waals surface area (Å²) < 4.78 is 0. The summed E-state index contributed by atoms with van der Waals surface area (Å²) in [5, 5.41) is 20.9. The van der Waals surface area contributed by atoms with Crippen LogP contribution in [0.25, 0.3) is 0 Å². The summed E-state index contributed by atoms with van der Waals surface area (Å²) in [5.74, 6) is 0.165. The molecular weight excluding hydrogens is 550 g/mol. The fraction of sp³-hybridized carbons (Fsp3) is 0.784. The Kier molecular flexibility index (Phi) is 6.64. The third-order valence-corrected chi connectivity index (χ3v) is 15.1. The van der Waals surface area contributed by atoms with E-state index in [1.54, 1.807) is 17.3 Å². The van der Waals surface area contributed by atoms with Crippen LogP contribution in [0.1, 0.15) is 117 Å². The first kappa shape index (κ1) is 30.4. The number of aliphatic carboxylic acids is 1. The Morgan fingerprint density at radius 2 is 1.68 bits per heavy atom. The van der Waals surface area contributed by atoms with Gasteiger partial charge in [-0.25, -0.2) is 4.79 Å². The minimum absolute atomic E-state index is 0.0288.